The molecule has 32 heavy (non-hydrogen) atoms. The monoisotopic (exact) mass is 572 g/mol. The van der Waals surface area contributed by atoms with Crippen molar-refractivity contribution >= 4 is 47.0 Å². The number of anilines is 1. The number of benzene rings is 1. The van der Waals surface area contributed by atoms with Gasteiger partial charge in [0.25, 0.3) is 0 Å². The Hall–Kier alpha value is -1.59. The molecular weight excluding hydrogens is 535 g/mol. The molecule has 0 spiro atoms. The Kier molecular flexibility index (Phi) is 12.1. The molecule has 0 radical (unpaired) electrons. The van der Waals surface area contributed by atoms with Gasteiger partial charge in [-0.3, -0.25) is 9.89 Å². The van der Waals surface area contributed by atoms with Gasteiger partial charge in [0.05, 0.1) is 17.8 Å². The summed E-state index contributed by atoms with van der Waals surface area (Å²) < 4.78 is 5.25. The molecule has 1 aliphatic heterocycles. The first-order chi connectivity index (χ1) is 15.2. The summed E-state index contributed by atoms with van der Waals surface area (Å²) in [5.74, 6) is 1.81. The summed E-state index contributed by atoms with van der Waals surface area (Å²) in [5.41, 5.74) is 2.43. The number of thiazole rings is 1. The van der Waals surface area contributed by atoms with Crippen molar-refractivity contribution in [3.05, 3.63) is 40.3 Å². The second-order valence-corrected chi connectivity index (χ2v) is 8.74. The van der Waals surface area contributed by atoms with Gasteiger partial charge < -0.3 is 20.3 Å². The number of aromatic nitrogens is 1. The van der Waals surface area contributed by atoms with Gasteiger partial charge in [-0.15, -0.1) is 35.3 Å². The second kappa shape index (κ2) is 14.5. The molecule has 0 unspecified atom stereocenters. The Labute approximate surface area is 213 Å². The van der Waals surface area contributed by atoms with Crippen molar-refractivity contribution in [3.8, 4) is 5.75 Å². The predicted octanol–water partition coefficient (Wildman–Crippen LogP) is 3.39. The van der Waals surface area contributed by atoms with Crippen LogP contribution in [0.1, 0.15) is 24.0 Å². The Morgan fingerprint density at radius 2 is 1.91 bits per heavy atom. The molecular formula is C23H37IN6OS. The van der Waals surface area contributed by atoms with E-state index in [1.807, 2.05) is 19.1 Å². The van der Waals surface area contributed by atoms with E-state index in [0.717, 1.165) is 87.6 Å². The predicted molar refractivity (Wildman–Crippen MR) is 146 cm³/mol. The van der Waals surface area contributed by atoms with E-state index >= 15 is 0 Å². The van der Waals surface area contributed by atoms with Crippen LogP contribution in [0.4, 0.5) is 5.69 Å². The van der Waals surface area contributed by atoms with Gasteiger partial charge in [0.1, 0.15) is 5.75 Å². The van der Waals surface area contributed by atoms with Crippen LogP contribution in [0.2, 0.25) is 0 Å². The Morgan fingerprint density at radius 1 is 1.16 bits per heavy atom. The summed E-state index contributed by atoms with van der Waals surface area (Å²) in [7, 11) is 1.71. The average molecular weight is 573 g/mol. The zero-order valence-corrected chi connectivity index (χ0v) is 22.6. The fourth-order valence-corrected chi connectivity index (χ4v) is 4.33. The summed E-state index contributed by atoms with van der Waals surface area (Å²) in [6.45, 7) is 12.1. The number of halogens is 1. The number of hydrogen-bond acceptors (Lipinski definition) is 6. The van der Waals surface area contributed by atoms with Crippen LogP contribution >= 0.6 is 35.3 Å². The van der Waals surface area contributed by atoms with Crippen LogP contribution in [-0.4, -0.2) is 75.3 Å². The number of methoxy groups -OCH3 is 1. The van der Waals surface area contributed by atoms with Crippen molar-refractivity contribution in [1.29, 1.82) is 0 Å². The molecule has 3 rings (SSSR count). The summed E-state index contributed by atoms with van der Waals surface area (Å²) in [6.07, 6.45) is 2.00. The molecule has 1 aliphatic rings. The van der Waals surface area contributed by atoms with Crippen LogP contribution in [0.5, 0.6) is 5.75 Å². The number of nitrogens with one attached hydrogen (secondary N) is 2. The first-order valence-corrected chi connectivity index (χ1v) is 12.1. The van der Waals surface area contributed by atoms with Gasteiger partial charge in [0, 0.05) is 69.8 Å². The van der Waals surface area contributed by atoms with Crippen molar-refractivity contribution in [2.24, 2.45) is 4.99 Å². The van der Waals surface area contributed by atoms with Gasteiger partial charge in [-0.25, -0.2) is 4.98 Å². The highest BCUT2D eigenvalue weighted by Crippen LogP contribution is 2.20. The smallest absolute Gasteiger partial charge is 0.191 e. The Bertz CT molecular complexity index is 805. The van der Waals surface area contributed by atoms with Crippen molar-refractivity contribution in [1.82, 2.24) is 20.5 Å². The zero-order chi connectivity index (χ0) is 21.9. The molecule has 9 heteroatoms. The molecule has 0 aliphatic carbocycles. The van der Waals surface area contributed by atoms with E-state index in [4.69, 9.17) is 9.73 Å². The fourth-order valence-electron chi connectivity index (χ4n) is 3.68. The maximum Gasteiger partial charge on any atom is 0.191 e. The van der Waals surface area contributed by atoms with Crippen LogP contribution in [0, 0.1) is 6.92 Å². The highest BCUT2D eigenvalue weighted by molar-refractivity contribution is 14.0. The summed E-state index contributed by atoms with van der Waals surface area (Å²) >= 11 is 1.71. The topological polar surface area (TPSA) is 65.0 Å². The van der Waals surface area contributed by atoms with Crippen molar-refractivity contribution in [2.75, 3.05) is 64.4 Å². The lowest BCUT2D eigenvalue weighted by Crippen LogP contribution is -2.46. The lowest BCUT2D eigenvalue weighted by molar-refractivity contribution is 0.256. The largest absolute Gasteiger partial charge is 0.497 e. The molecule has 7 nitrogen and oxygen atoms in total. The standard InChI is InChI=1S/C23H36N6OS.HI/c1-4-24-23(26-12-10-20-18-31-19(2)27-20)25-11-5-13-28-14-16-29(17-15-28)21-6-8-22(30-3)9-7-21;/h6-9,18H,4-5,10-17H2,1-3H3,(H2,24,25,26);1H. The number of rotatable bonds is 10. The maximum atomic E-state index is 5.25. The van der Waals surface area contributed by atoms with E-state index in [1.165, 1.54) is 5.69 Å². The van der Waals surface area contributed by atoms with Crippen LogP contribution in [-0.2, 0) is 6.42 Å². The molecule has 0 bridgehead atoms. The van der Waals surface area contributed by atoms with Gasteiger partial charge in [-0.05, 0) is 44.5 Å². The molecule has 2 N–H and O–H groups in total. The minimum Gasteiger partial charge on any atom is -0.497 e. The first-order valence-electron chi connectivity index (χ1n) is 11.2. The Balaban J connectivity index is 0.00000363. The normalized spacial score (nSPS) is 14.7. The lowest BCUT2D eigenvalue weighted by Gasteiger charge is -2.36. The fraction of sp³-hybridized carbons (Fsp3) is 0.565. The minimum absolute atomic E-state index is 0. The van der Waals surface area contributed by atoms with E-state index in [9.17, 15) is 0 Å². The SMILES string of the molecule is CCNC(=NCCCN1CCN(c2ccc(OC)cc2)CC1)NCCc1csc(C)n1.I. The maximum absolute atomic E-state index is 5.25. The molecule has 0 amide bonds. The molecule has 0 saturated carbocycles. The highest BCUT2D eigenvalue weighted by Gasteiger charge is 2.16. The number of aryl methyl sites for hydroxylation is 1. The third-order valence-corrected chi connectivity index (χ3v) is 6.22. The second-order valence-electron chi connectivity index (χ2n) is 7.68. The number of nitrogens with zero attached hydrogens (tertiary/aromatic N) is 4. The van der Waals surface area contributed by atoms with Gasteiger partial charge >= 0.3 is 0 Å². The summed E-state index contributed by atoms with van der Waals surface area (Å²) in [5, 5.41) is 10.0. The van der Waals surface area contributed by atoms with E-state index in [2.05, 4.69) is 49.9 Å². The van der Waals surface area contributed by atoms with Gasteiger partial charge in [-0.2, -0.15) is 0 Å². The van der Waals surface area contributed by atoms with Gasteiger partial charge in [-0.1, -0.05) is 0 Å². The summed E-state index contributed by atoms with van der Waals surface area (Å²) in [6, 6.07) is 8.36. The average Bonchev–Trinajstić information content (AvgIpc) is 3.22. The van der Waals surface area contributed by atoms with E-state index in [1.54, 1.807) is 18.4 Å². The van der Waals surface area contributed by atoms with Crippen LogP contribution in [0.15, 0.2) is 34.6 Å². The molecule has 1 saturated heterocycles. The Morgan fingerprint density at radius 3 is 2.53 bits per heavy atom. The van der Waals surface area contributed by atoms with Crippen LogP contribution < -0.4 is 20.3 Å². The van der Waals surface area contributed by atoms with Gasteiger partial charge in [0.15, 0.2) is 5.96 Å². The van der Waals surface area contributed by atoms with Gasteiger partial charge in [0.2, 0.25) is 0 Å². The van der Waals surface area contributed by atoms with Crippen LogP contribution in [0.3, 0.4) is 0 Å². The van der Waals surface area contributed by atoms with Crippen molar-refractivity contribution < 1.29 is 4.74 Å². The minimum atomic E-state index is 0. The third kappa shape index (κ3) is 8.74. The molecule has 178 valence electrons. The molecule has 1 aromatic carbocycles. The number of ether oxygens (including phenoxy) is 1. The molecule has 1 fully saturated rings. The quantitative estimate of drug-likeness (QED) is 0.197. The number of piperazine rings is 1. The molecule has 2 aromatic rings. The molecule has 0 atom stereocenters. The summed E-state index contributed by atoms with van der Waals surface area (Å²) in [4.78, 5) is 14.2. The van der Waals surface area contributed by atoms with E-state index in [0.29, 0.717) is 0 Å². The van der Waals surface area contributed by atoms with E-state index in [-0.39, 0.29) is 24.0 Å². The van der Waals surface area contributed by atoms with Crippen molar-refractivity contribution in [2.45, 2.75) is 26.7 Å². The zero-order valence-electron chi connectivity index (χ0n) is 19.5. The van der Waals surface area contributed by atoms with Crippen molar-refractivity contribution in [3.63, 3.8) is 0 Å². The lowest BCUT2D eigenvalue weighted by atomic mass is 10.2. The number of aliphatic imine (C=N–C) groups is 1. The first kappa shape index (κ1) is 26.7. The molecule has 1 aromatic heterocycles. The molecule has 2 heterocycles. The number of hydrogen-bond donors (Lipinski definition) is 2. The van der Waals surface area contributed by atoms with E-state index < -0.39 is 0 Å². The highest BCUT2D eigenvalue weighted by atomic mass is 127. The third-order valence-electron chi connectivity index (χ3n) is 5.40. The van der Waals surface area contributed by atoms with Crippen LogP contribution in [0.25, 0.3) is 0 Å². The number of guanidine groups is 1.